The molecule has 0 bridgehead atoms. The predicted octanol–water partition coefficient (Wildman–Crippen LogP) is 4.90. The summed E-state index contributed by atoms with van der Waals surface area (Å²) in [4.78, 5) is 7.56. The van der Waals surface area contributed by atoms with Crippen molar-refractivity contribution in [3.05, 3.63) is 41.3 Å². The third-order valence-corrected chi connectivity index (χ3v) is 3.53. The van der Waals surface area contributed by atoms with Gasteiger partial charge in [-0.1, -0.05) is 13.0 Å². The van der Waals surface area contributed by atoms with Gasteiger partial charge in [0.2, 0.25) is 5.95 Å². The lowest BCUT2D eigenvalue weighted by Crippen LogP contribution is -2.18. The van der Waals surface area contributed by atoms with Gasteiger partial charge in [-0.3, -0.25) is 0 Å². The van der Waals surface area contributed by atoms with E-state index in [0.717, 1.165) is 6.07 Å². The highest BCUT2D eigenvalue weighted by atomic mass is 19.4. The summed E-state index contributed by atoms with van der Waals surface area (Å²) in [6.45, 7) is 5.23. The van der Waals surface area contributed by atoms with Crippen molar-refractivity contribution in [3.8, 4) is 0 Å². The number of nitrogens with zero attached hydrogens (tertiary/aromatic N) is 2. The molecule has 0 unspecified atom stereocenters. The molecule has 0 fully saturated rings. The Labute approximate surface area is 137 Å². The lowest BCUT2D eigenvalue weighted by molar-refractivity contribution is -0.141. The number of alkyl halides is 3. The monoisotopic (exact) mass is 342 g/mol. The number of halogens is 4. The Bertz CT molecular complexity index is 716. The van der Waals surface area contributed by atoms with Crippen LogP contribution >= 0.6 is 0 Å². The summed E-state index contributed by atoms with van der Waals surface area (Å²) in [6, 6.07) is 5.02. The van der Waals surface area contributed by atoms with Crippen LogP contribution in [0.25, 0.3) is 0 Å². The van der Waals surface area contributed by atoms with Gasteiger partial charge < -0.3 is 10.6 Å². The summed E-state index contributed by atoms with van der Waals surface area (Å²) in [5, 5.41) is 5.55. The van der Waals surface area contributed by atoms with Crippen LogP contribution in [0.3, 0.4) is 0 Å². The number of benzene rings is 1. The highest BCUT2D eigenvalue weighted by molar-refractivity contribution is 5.61. The molecule has 0 saturated carbocycles. The average molecular weight is 342 g/mol. The molecule has 0 aliphatic heterocycles. The van der Waals surface area contributed by atoms with Crippen molar-refractivity contribution in [2.75, 3.05) is 10.6 Å². The van der Waals surface area contributed by atoms with Gasteiger partial charge in [0.15, 0.2) is 5.69 Å². The van der Waals surface area contributed by atoms with Crippen LogP contribution in [0.4, 0.5) is 35.0 Å². The van der Waals surface area contributed by atoms with Crippen molar-refractivity contribution in [3.63, 3.8) is 0 Å². The van der Waals surface area contributed by atoms with Crippen LogP contribution in [0.2, 0.25) is 0 Å². The van der Waals surface area contributed by atoms with Gasteiger partial charge in [-0.2, -0.15) is 18.2 Å². The summed E-state index contributed by atoms with van der Waals surface area (Å²) in [6.07, 6.45) is -3.91. The molecular formula is C16H18F4N4. The molecule has 24 heavy (non-hydrogen) atoms. The van der Waals surface area contributed by atoms with E-state index in [1.54, 1.807) is 6.07 Å². The summed E-state index contributed by atoms with van der Waals surface area (Å²) in [7, 11) is 0. The van der Waals surface area contributed by atoms with Crippen LogP contribution in [0.5, 0.6) is 0 Å². The Morgan fingerprint density at radius 2 is 1.92 bits per heavy atom. The topological polar surface area (TPSA) is 49.8 Å². The van der Waals surface area contributed by atoms with E-state index in [4.69, 9.17) is 0 Å². The predicted molar refractivity (Wildman–Crippen MR) is 84.8 cm³/mol. The maximum atomic E-state index is 13.6. The van der Waals surface area contributed by atoms with Crippen LogP contribution in [-0.2, 0) is 6.18 Å². The van der Waals surface area contributed by atoms with E-state index in [0.29, 0.717) is 17.7 Å². The van der Waals surface area contributed by atoms with Crippen molar-refractivity contribution in [1.82, 2.24) is 9.97 Å². The highest BCUT2D eigenvalue weighted by Crippen LogP contribution is 2.31. The van der Waals surface area contributed by atoms with Gasteiger partial charge in [0.25, 0.3) is 0 Å². The lowest BCUT2D eigenvalue weighted by atomic mass is 10.2. The standard InChI is InChI=1S/C16H18F4N4/c1-4-9(2)21-15-23-13(16(18,19)20)8-14(24-15)22-12-7-5-6-11(17)10(12)3/h5-9H,4H2,1-3H3,(H2,21,22,23,24)/t9-/m1/s1. The minimum Gasteiger partial charge on any atom is -0.352 e. The van der Waals surface area contributed by atoms with E-state index in [1.165, 1.54) is 19.1 Å². The first kappa shape index (κ1) is 18.0. The van der Waals surface area contributed by atoms with E-state index in [2.05, 4.69) is 20.6 Å². The average Bonchev–Trinajstić information content (AvgIpc) is 2.50. The number of nitrogens with one attached hydrogen (secondary N) is 2. The van der Waals surface area contributed by atoms with Crippen molar-refractivity contribution in [2.45, 2.75) is 39.4 Å². The second kappa shape index (κ2) is 7.02. The van der Waals surface area contributed by atoms with E-state index in [1.807, 2.05) is 13.8 Å². The Morgan fingerprint density at radius 3 is 2.54 bits per heavy atom. The number of rotatable bonds is 5. The molecule has 0 spiro atoms. The van der Waals surface area contributed by atoms with Crippen LogP contribution in [0.1, 0.15) is 31.5 Å². The Kier molecular flexibility index (Phi) is 5.26. The fourth-order valence-corrected chi connectivity index (χ4v) is 1.92. The van der Waals surface area contributed by atoms with Gasteiger partial charge in [0.05, 0.1) is 0 Å². The van der Waals surface area contributed by atoms with Crippen LogP contribution < -0.4 is 10.6 Å². The summed E-state index contributed by atoms with van der Waals surface area (Å²) in [5.74, 6) is -0.643. The quantitative estimate of drug-likeness (QED) is 0.759. The van der Waals surface area contributed by atoms with E-state index >= 15 is 0 Å². The molecule has 1 aromatic carbocycles. The normalized spacial score (nSPS) is 12.8. The SMILES string of the molecule is CC[C@@H](C)Nc1nc(Nc2cccc(F)c2C)cc(C(F)(F)F)n1. The molecule has 130 valence electrons. The molecule has 0 aliphatic carbocycles. The van der Waals surface area contributed by atoms with Crippen LogP contribution in [0.15, 0.2) is 24.3 Å². The smallest absolute Gasteiger partial charge is 0.352 e. The summed E-state index contributed by atoms with van der Waals surface area (Å²) >= 11 is 0. The Balaban J connectivity index is 2.41. The first-order valence-corrected chi connectivity index (χ1v) is 7.45. The van der Waals surface area contributed by atoms with E-state index < -0.39 is 17.7 Å². The minimum atomic E-state index is -4.61. The second-order valence-electron chi connectivity index (χ2n) is 5.45. The molecule has 2 rings (SSSR count). The maximum absolute atomic E-state index is 13.6. The fourth-order valence-electron chi connectivity index (χ4n) is 1.92. The van der Waals surface area contributed by atoms with Crippen molar-refractivity contribution < 1.29 is 17.6 Å². The van der Waals surface area contributed by atoms with Crippen molar-refractivity contribution in [2.24, 2.45) is 0 Å². The van der Waals surface area contributed by atoms with Gasteiger partial charge in [-0.15, -0.1) is 0 Å². The third kappa shape index (κ3) is 4.33. The molecule has 4 nitrogen and oxygen atoms in total. The molecule has 8 heteroatoms. The molecule has 0 saturated heterocycles. The van der Waals surface area contributed by atoms with Gasteiger partial charge in [-0.05, 0) is 32.4 Å². The molecule has 0 radical (unpaired) electrons. The third-order valence-electron chi connectivity index (χ3n) is 3.53. The molecular weight excluding hydrogens is 324 g/mol. The molecule has 0 amide bonds. The van der Waals surface area contributed by atoms with Gasteiger partial charge in [-0.25, -0.2) is 9.37 Å². The van der Waals surface area contributed by atoms with Crippen molar-refractivity contribution >= 4 is 17.5 Å². The molecule has 1 aromatic heterocycles. The Hall–Kier alpha value is -2.38. The van der Waals surface area contributed by atoms with Crippen molar-refractivity contribution in [1.29, 1.82) is 0 Å². The zero-order chi connectivity index (χ0) is 17.9. The van der Waals surface area contributed by atoms with Gasteiger partial charge in [0, 0.05) is 23.4 Å². The zero-order valence-corrected chi connectivity index (χ0v) is 13.5. The molecule has 1 heterocycles. The number of aromatic nitrogens is 2. The first-order chi connectivity index (χ1) is 11.2. The molecule has 0 aliphatic rings. The highest BCUT2D eigenvalue weighted by Gasteiger charge is 2.34. The molecule has 2 N–H and O–H groups in total. The number of anilines is 3. The fraction of sp³-hybridized carbons (Fsp3) is 0.375. The minimum absolute atomic E-state index is 0.0585. The van der Waals surface area contributed by atoms with E-state index in [9.17, 15) is 17.6 Å². The first-order valence-electron chi connectivity index (χ1n) is 7.45. The molecule has 1 atom stereocenters. The number of hydrogen-bond donors (Lipinski definition) is 2. The second-order valence-corrected chi connectivity index (χ2v) is 5.45. The van der Waals surface area contributed by atoms with Gasteiger partial charge >= 0.3 is 6.18 Å². The van der Waals surface area contributed by atoms with E-state index in [-0.39, 0.29) is 17.8 Å². The summed E-state index contributed by atoms with van der Waals surface area (Å²) in [5.41, 5.74) is -0.433. The maximum Gasteiger partial charge on any atom is 0.433 e. The van der Waals surface area contributed by atoms with Gasteiger partial charge in [0.1, 0.15) is 11.6 Å². The molecule has 2 aromatic rings. The largest absolute Gasteiger partial charge is 0.433 e. The number of hydrogen-bond acceptors (Lipinski definition) is 4. The lowest BCUT2D eigenvalue weighted by Gasteiger charge is -2.16. The van der Waals surface area contributed by atoms with Crippen LogP contribution in [-0.4, -0.2) is 16.0 Å². The van der Waals surface area contributed by atoms with Crippen LogP contribution in [0, 0.1) is 12.7 Å². The zero-order valence-electron chi connectivity index (χ0n) is 13.5. The Morgan fingerprint density at radius 1 is 1.21 bits per heavy atom. The summed E-state index contributed by atoms with van der Waals surface area (Å²) < 4.78 is 52.7.